The molecule has 1 unspecified atom stereocenters. The summed E-state index contributed by atoms with van der Waals surface area (Å²) in [6.07, 6.45) is -0.00779. The second-order valence-electron chi connectivity index (χ2n) is 5.19. The Hall–Kier alpha value is 0.0200. The average Bonchev–Trinajstić information content (AvgIpc) is 2.27. The molecule has 0 spiro atoms. The summed E-state index contributed by atoms with van der Waals surface area (Å²) in [7, 11) is -6.27. The van der Waals surface area contributed by atoms with Gasteiger partial charge >= 0.3 is 10.3 Å². The van der Waals surface area contributed by atoms with Gasteiger partial charge in [0.05, 0.1) is 19.0 Å². The molecule has 1 rings (SSSR count). The van der Waals surface area contributed by atoms with E-state index < -0.39 is 17.7 Å². The van der Waals surface area contributed by atoms with E-state index in [1.165, 1.54) is 4.31 Å². The van der Waals surface area contributed by atoms with Crippen LogP contribution >= 0.6 is 7.37 Å². The van der Waals surface area contributed by atoms with E-state index in [-0.39, 0.29) is 6.10 Å². The standard InChI is InChI=1S/C11H25N2O5PS/c1-5-17-19(4,14)10-12-6-8-13(9-7-12)20(15,16)18-11(2)3/h11H,5-10H2,1-4H3. The van der Waals surface area contributed by atoms with Gasteiger partial charge in [0.1, 0.15) is 0 Å². The summed E-state index contributed by atoms with van der Waals surface area (Å²) < 4.78 is 47.4. The highest BCUT2D eigenvalue weighted by atomic mass is 32.2. The first kappa shape index (κ1) is 18.1. The Morgan fingerprint density at radius 3 is 2.20 bits per heavy atom. The lowest BCUT2D eigenvalue weighted by atomic mass is 10.4. The minimum Gasteiger partial charge on any atom is -0.328 e. The van der Waals surface area contributed by atoms with Crippen LogP contribution in [0.5, 0.6) is 0 Å². The van der Waals surface area contributed by atoms with Crippen LogP contribution in [0.1, 0.15) is 20.8 Å². The SMILES string of the molecule is CCOP(C)(=O)CN1CCN(S(=O)(=O)OC(C)C)CC1. The average molecular weight is 328 g/mol. The molecule has 1 fully saturated rings. The third-order valence-corrected chi connectivity index (χ3v) is 6.16. The van der Waals surface area contributed by atoms with E-state index in [0.29, 0.717) is 39.1 Å². The van der Waals surface area contributed by atoms with Crippen LogP contribution in [0.4, 0.5) is 0 Å². The zero-order valence-corrected chi connectivity index (χ0v) is 14.3. The third-order valence-electron chi connectivity index (χ3n) is 2.82. The van der Waals surface area contributed by atoms with E-state index in [0.717, 1.165) is 0 Å². The Kier molecular flexibility index (Phi) is 6.63. The van der Waals surface area contributed by atoms with Crippen LogP contribution in [-0.2, 0) is 23.6 Å². The number of nitrogens with zero attached hydrogens (tertiary/aromatic N) is 2. The van der Waals surface area contributed by atoms with Gasteiger partial charge in [-0.2, -0.15) is 12.7 Å². The number of hydrogen-bond acceptors (Lipinski definition) is 6. The van der Waals surface area contributed by atoms with Crippen LogP contribution in [0.25, 0.3) is 0 Å². The normalized spacial score (nSPS) is 22.1. The highest BCUT2D eigenvalue weighted by Gasteiger charge is 2.30. The Morgan fingerprint density at radius 1 is 1.20 bits per heavy atom. The van der Waals surface area contributed by atoms with E-state index in [4.69, 9.17) is 8.71 Å². The lowest BCUT2D eigenvalue weighted by Crippen LogP contribution is -2.49. The molecule has 20 heavy (non-hydrogen) atoms. The molecule has 1 aliphatic heterocycles. The molecule has 0 radical (unpaired) electrons. The predicted octanol–water partition coefficient (Wildman–Crippen LogP) is 1.18. The summed E-state index contributed by atoms with van der Waals surface area (Å²) in [6, 6.07) is 0. The van der Waals surface area contributed by atoms with Gasteiger partial charge in [-0.15, -0.1) is 0 Å². The van der Waals surface area contributed by atoms with Crippen molar-refractivity contribution in [3.05, 3.63) is 0 Å². The predicted molar refractivity (Wildman–Crippen MR) is 78.3 cm³/mol. The summed E-state index contributed by atoms with van der Waals surface area (Å²) in [4.78, 5) is 1.97. The lowest BCUT2D eigenvalue weighted by molar-refractivity contribution is 0.167. The molecule has 0 bridgehead atoms. The molecule has 0 aromatic rings. The monoisotopic (exact) mass is 328 g/mol. The van der Waals surface area contributed by atoms with Crippen LogP contribution in [0.3, 0.4) is 0 Å². The molecule has 0 saturated carbocycles. The van der Waals surface area contributed by atoms with Crippen LogP contribution in [-0.4, -0.2) is 69.5 Å². The Labute approximate surface area is 121 Å². The van der Waals surface area contributed by atoms with Crippen molar-refractivity contribution in [1.82, 2.24) is 9.21 Å². The fourth-order valence-electron chi connectivity index (χ4n) is 2.08. The van der Waals surface area contributed by atoms with Gasteiger partial charge in [0.15, 0.2) is 0 Å². The Morgan fingerprint density at radius 2 is 1.75 bits per heavy atom. The molecular weight excluding hydrogens is 303 g/mol. The molecule has 120 valence electrons. The van der Waals surface area contributed by atoms with Crippen molar-refractivity contribution in [3.63, 3.8) is 0 Å². The van der Waals surface area contributed by atoms with Gasteiger partial charge in [-0.1, -0.05) is 0 Å². The highest BCUT2D eigenvalue weighted by Crippen LogP contribution is 2.42. The quantitative estimate of drug-likeness (QED) is 0.653. The van der Waals surface area contributed by atoms with Crippen LogP contribution < -0.4 is 0 Å². The van der Waals surface area contributed by atoms with Crippen molar-refractivity contribution in [3.8, 4) is 0 Å². The van der Waals surface area contributed by atoms with Crippen molar-refractivity contribution >= 4 is 17.7 Å². The molecule has 0 amide bonds. The molecule has 0 aromatic carbocycles. The minimum absolute atomic E-state index is 0.348. The second kappa shape index (κ2) is 7.33. The molecule has 1 heterocycles. The molecule has 0 aliphatic carbocycles. The van der Waals surface area contributed by atoms with Crippen molar-refractivity contribution < 1.29 is 21.7 Å². The molecule has 9 heteroatoms. The Balaban J connectivity index is 2.50. The summed E-state index contributed by atoms with van der Waals surface area (Å²) >= 11 is 0. The van der Waals surface area contributed by atoms with E-state index in [1.54, 1.807) is 20.5 Å². The lowest BCUT2D eigenvalue weighted by Gasteiger charge is -2.34. The fraction of sp³-hybridized carbons (Fsp3) is 1.00. The van der Waals surface area contributed by atoms with E-state index >= 15 is 0 Å². The number of piperazine rings is 1. The maximum atomic E-state index is 12.1. The van der Waals surface area contributed by atoms with Gasteiger partial charge in [-0.05, 0) is 20.8 Å². The highest BCUT2D eigenvalue weighted by molar-refractivity contribution is 7.84. The molecule has 1 aliphatic rings. The first-order valence-electron chi connectivity index (χ1n) is 6.78. The first-order valence-corrected chi connectivity index (χ1v) is 10.4. The van der Waals surface area contributed by atoms with Crippen LogP contribution in [0.2, 0.25) is 0 Å². The van der Waals surface area contributed by atoms with Crippen molar-refractivity contribution in [2.75, 3.05) is 45.7 Å². The number of rotatable bonds is 7. The minimum atomic E-state index is -3.65. The zero-order valence-electron chi connectivity index (χ0n) is 12.6. The maximum absolute atomic E-state index is 12.1. The third kappa shape index (κ3) is 5.79. The van der Waals surface area contributed by atoms with Gasteiger partial charge < -0.3 is 4.52 Å². The topological polar surface area (TPSA) is 76.2 Å². The largest absolute Gasteiger partial charge is 0.338 e. The maximum Gasteiger partial charge on any atom is 0.338 e. The molecule has 7 nitrogen and oxygen atoms in total. The first-order chi connectivity index (χ1) is 9.16. The van der Waals surface area contributed by atoms with Gasteiger partial charge in [-0.25, -0.2) is 0 Å². The molecule has 0 aromatic heterocycles. The van der Waals surface area contributed by atoms with Crippen molar-refractivity contribution in [1.29, 1.82) is 0 Å². The molecule has 1 saturated heterocycles. The Bertz CT molecular complexity index is 446. The van der Waals surface area contributed by atoms with Crippen molar-refractivity contribution in [2.24, 2.45) is 0 Å². The van der Waals surface area contributed by atoms with Gasteiger partial charge in [0.2, 0.25) is 7.37 Å². The molecule has 0 N–H and O–H groups in total. The van der Waals surface area contributed by atoms with E-state index in [2.05, 4.69) is 0 Å². The summed E-state index contributed by atoms with van der Waals surface area (Å²) in [5.41, 5.74) is 0. The second-order valence-corrected chi connectivity index (χ2v) is 9.33. The molecule has 1 atom stereocenters. The summed E-state index contributed by atoms with van der Waals surface area (Å²) in [6.45, 7) is 8.97. The van der Waals surface area contributed by atoms with E-state index in [9.17, 15) is 13.0 Å². The summed E-state index contributed by atoms with van der Waals surface area (Å²) in [5, 5.41) is 0. The summed E-state index contributed by atoms with van der Waals surface area (Å²) in [5.74, 6) is 0. The van der Waals surface area contributed by atoms with Crippen LogP contribution in [0, 0.1) is 0 Å². The fourth-order valence-corrected chi connectivity index (χ4v) is 4.93. The van der Waals surface area contributed by atoms with Crippen molar-refractivity contribution in [2.45, 2.75) is 26.9 Å². The van der Waals surface area contributed by atoms with Gasteiger partial charge in [0, 0.05) is 32.8 Å². The van der Waals surface area contributed by atoms with Gasteiger partial charge in [0.25, 0.3) is 0 Å². The van der Waals surface area contributed by atoms with Crippen LogP contribution in [0.15, 0.2) is 0 Å². The van der Waals surface area contributed by atoms with E-state index in [1.807, 2.05) is 11.8 Å². The van der Waals surface area contributed by atoms with Gasteiger partial charge in [-0.3, -0.25) is 13.6 Å². The smallest absolute Gasteiger partial charge is 0.328 e. The zero-order chi connectivity index (χ0) is 15.4. The number of hydrogen-bond donors (Lipinski definition) is 0. The molecular formula is C11H25N2O5PS.